The van der Waals surface area contributed by atoms with Gasteiger partial charge in [0.1, 0.15) is 13.2 Å². The number of rotatable bonds is 4. The molecule has 0 radical (unpaired) electrons. The highest BCUT2D eigenvalue weighted by molar-refractivity contribution is 7.90. The van der Waals surface area contributed by atoms with Crippen molar-refractivity contribution in [3.8, 4) is 11.5 Å². The lowest BCUT2D eigenvalue weighted by atomic mass is 10.1. The minimum atomic E-state index is -3.33. The van der Waals surface area contributed by atoms with E-state index >= 15 is 0 Å². The first-order valence-electron chi connectivity index (χ1n) is 5.46. The van der Waals surface area contributed by atoms with Crippen molar-refractivity contribution in [2.75, 3.05) is 26.1 Å². The van der Waals surface area contributed by atoms with Crippen molar-refractivity contribution in [2.24, 2.45) is 5.90 Å². The summed E-state index contributed by atoms with van der Waals surface area (Å²) < 4.78 is 34.3. The molecule has 1 aliphatic rings. The standard InChI is InChI=1S/C11H15NO5S/c1-18(13,14)11-7-10-9(15-4-5-16-10)6-8(11)2-3-17-12/h6-7H,2-5,12H2,1H3. The average Bonchev–Trinajstić information content (AvgIpc) is 2.34. The molecule has 18 heavy (non-hydrogen) atoms. The van der Waals surface area contributed by atoms with Crippen molar-refractivity contribution in [1.29, 1.82) is 0 Å². The van der Waals surface area contributed by atoms with Crippen molar-refractivity contribution >= 4 is 9.84 Å². The van der Waals surface area contributed by atoms with Gasteiger partial charge >= 0.3 is 0 Å². The van der Waals surface area contributed by atoms with E-state index in [1.807, 2.05) is 0 Å². The minimum absolute atomic E-state index is 0.226. The third kappa shape index (κ3) is 2.74. The van der Waals surface area contributed by atoms with E-state index in [1.54, 1.807) is 6.07 Å². The van der Waals surface area contributed by atoms with Gasteiger partial charge in [-0.15, -0.1) is 0 Å². The molecule has 100 valence electrons. The van der Waals surface area contributed by atoms with Gasteiger partial charge in [0.2, 0.25) is 0 Å². The molecular weight excluding hydrogens is 258 g/mol. The largest absolute Gasteiger partial charge is 0.486 e. The second-order valence-corrected chi connectivity index (χ2v) is 5.98. The zero-order valence-electron chi connectivity index (χ0n) is 10.0. The molecular formula is C11H15NO5S. The summed E-state index contributed by atoms with van der Waals surface area (Å²) >= 11 is 0. The maximum Gasteiger partial charge on any atom is 0.175 e. The van der Waals surface area contributed by atoms with Crippen molar-refractivity contribution in [2.45, 2.75) is 11.3 Å². The summed E-state index contributed by atoms with van der Waals surface area (Å²) in [4.78, 5) is 4.72. The molecule has 0 aliphatic carbocycles. The fraction of sp³-hybridized carbons (Fsp3) is 0.455. The second kappa shape index (κ2) is 5.13. The van der Waals surface area contributed by atoms with Gasteiger partial charge in [0.15, 0.2) is 21.3 Å². The summed E-state index contributed by atoms with van der Waals surface area (Å²) in [5, 5.41) is 0. The number of hydrogen-bond acceptors (Lipinski definition) is 6. The lowest BCUT2D eigenvalue weighted by Gasteiger charge is -2.20. The Morgan fingerprint density at radius 1 is 1.28 bits per heavy atom. The fourth-order valence-corrected chi connectivity index (χ4v) is 2.78. The van der Waals surface area contributed by atoms with Gasteiger partial charge < -0.3 is 14.3 Å². The lowest BCUT2D eigenvalue weighted by Crippen LogP contribution is -2.17. The summed E-state index contributed by atoms with van der Waals surface area (Å²) in [6.45, 7) is 1.11. The van der Waals surface area contributed by atoms with Crippen LogP contribution < -0.4 is 15.4 Å². The first kappa shape index (κ1) is 13.1. The van der Waals surface area contributed by atoms with E-state index in [-0.39, 0.29) is 11.5 Å². The van der Waals surface area contributed by atoms with Gasteiger partial charge in [-0.3, -0.25) is 0 Å². The predicted molar refractivity (Wildman–Crippen MR) is 64.4 cm³/mol. The van der Waals surface area contributed by atoms with E-state index in [0.717, 1.165) is 6.26 Å². The van der Waals surface area contributed by atoms with Gasteiger partial charge in [0.25, 0.3) is 0 Å². The van der Waals surface area contributed by atoms with Crippen LogP contribution in [0.4, 0.5) is 0 Å². The SMILES string of the molecule is CS(=O)(=O)c1cc2c(cc1CCON)OCCO2. The van der Waals surface area contributed by atoms with Crippen LogP contribution in [0.2, 0.25) is 0 Å². The van der Waals surface area contributed by atoms with Crippen LogP contribution in [0.5, 0.6) is 11.5 Å². The number of nitrogens with two attached hydrogens (primary N) is 1. The molecule has 0 spiro atoms. The highest BCUT2D eigenvalue weighted by Gasteiger charge is 2.20. The van der Waals surface area contributed by atoms with Crippen LogP contribution in [0.25, 0.3) is 0 Å². The Morgan fingerprint density at radius 2 is 1.89 bits per heavy atom. The summed E-state index contributed by atoms with van der Waals surface area (Å²) in [5.41, 5.74) is 0.618. The Bertz CT molecular complexity index is 541. The lowest BCUT2D eigenvalue weighted by molar-refractivity contribution is 0.140. The van der Waals surface area contributed by atoms with Crippen LogP contribution in [0.15, 0.2) is 17.0 Å². The summed E-state index contributed by atoms with van der Waals surface area (Å²) in [6, 6.07) is 3.17. The molecule has 0 bridgehead atoms. The number of fused-ring (bicyclic) bond motifs is 1. The number of ether oxygens (including phenoxy) is 2. The molecule has 2 N–H and O–H groups in total. The molecule has 6 nitrogen and oxygen atoms in total. The van der Waals surface area contributed by atoms with Gasteiger partial charge in [0, 0.05) is 12.3 Å². The zero-order chi connectivity index (χ0) is 13.2. The minimum Gasteiger partial charge on any atom is -0.486 e. The second-order valence-electron chi connectivity index (χ2n) is 4.00. The van der Waals surface area contributed by atoms with Crippen LogP contribution in [0, 0.1) is 0 Å². The quantitative estimate of drug-likeness (QED) is 0.793. The fourth-order valence-electron chi connectivity index (χ4n) is 1.82. The monoisotopic (exact) mass is 273 g/mol. The third-order valence-corrected chi connectivity index (χ3v) is 3.79. The molecule has 0 saturated heterocycles. The molecule has 0 unspecified atom stereocenters. The zero-order valence-corrected chi connectivity index (χ0v) is 10.8. The highest BCUT2D eigenvalue weighted by Crippen LogP contribution is 2.35. The van der Waals surface area contributed by atoms with E-state index in [2.05, 4.69) is 4.84 Å². The van der Waals surface area contributed by atoms with Crippen molar-refractivity contribution in [1.82, 2.24) is 0 Å². The van der Waals surface area contributed by atoms with Crippen molar-refractivity contribution in [3.05, 3.63) is 17.7 Å². The highest BCUT2D eigenvalue weighted by atomic mass is 32.2. The maximum atomic E-state index is 11.7. The normalized spacial score (nSPS) is 14.6. The van der Waals surface area contributed by atoms with E-state index in [0.29, 0.717) is 36.7 Å². The van der Waals surface area contributed by atoms with Crippen LogP contribution in [-0.4, -0.2) is 34.5 Å². The van der Waals surface area contributed by atoms with Crippen LogP contribution in [0.1, 0.15) is 5.56 Å². The smallest absolute Gasteiger partial charge is 0.175 e. The van der Waals surface area contributed by atoms with Crippen molar-refractivity contribution in [3.63, 3.8) is 0 Å². The summed E-state index contributed by atoms with van der Waals surface area (Å²) in [7, 11) is -3.33. The third-order valence-electron chi connectivity index (χ3n) is 2.61. The van der Waals surface area contributed by atoms with Crippen LogP contribution >= 0.6 is 0 Å². The first-order valence-corrected chi connectivity index (χ1v) is 7.36. The Hall–Kier alpha value is -1.31. The number of benzene rings is 1. The van der Waals surface area contributed by atoms with Gasteiger partial charge in [-0.05, 0) is 18.1 Å². The molecule has 1 aliphatic heterocycles. The maximum absolute atomic E-state index is 11.7. The van der Waals surface area contributed by atoms with E-state index < -0.39 is 9.84 Å². The molecule has 0 amide bonds. The van der Waals surface area contributed by atoms with E-state index in [1.165, 1.54) is 6.07 Å². The molecule has 7 heteroatoms. The molecule has 1 heterocycles. The van der Waals surface area contributed by atoms with Gasteiger partial charge in [-0.25, -0.2) is 14.3 Å². The Kier molecular flexibility index (Phi) is 3.74. The van der Waals surface area contributed by atoms with Gasteiger partial charge in [-0.2, -0.15) is 0 Å². The molecule has 0 aromatic heterocycles. The number of sulfone groups is 1. The molecule has 2 rings (SSSR count). The molecule has 0 atom stereocenters. The van der Waals surface area contributed by atoms with Gasteiger partial charge in [0.05, 0.1) is 11.5 Å². The Balaban J connectivity index is 2.47. The number of hydrogen-bond donors (Lipinski definition) is 1. The molecule has 1 aromatic rings. The first-order chi connectivity index (χ1) is 8.52. The van der Waals surface area contributed by atoms with Crippen molar-refractivity contribution < 1.29 is 22.7 Å². The van der Waals surface area contributed by atoms with Crippen LogP contribution in [-0.2, 0) is 21.1 Å². The van der Waals surface area contributed by atoms with E-state index in [9.17, 15) is 8.42 Å². The predicted octanol–water partition coefficient (Wildman–Crippen LogP) is 0.294. The summed E-state index contributed by atoms with van der Waals surface area (Å²) in [6.07, 6.45) is 1.56. The molecule has 1 aromatic carbocycles. The van der Waals surface area contributed by atoms with E-state index in [4.69, 9.17) is 15.4 Å². The topological polar surface area (TPSA) is 87.9 Å². The van der Waals surface area contributed by atoms with Crippen LogP contribution in [0.3, 0.4) is 0 Å². The molecule has 0 fully saturated rings. The Morgan fingerprint density at radius 3 is 2.44 bits per heavy atom. The molecule has 0 saturated carbocycles. The van der Waals surface area contributed by atoms with Gasteiger partial charge in [-0.1, -0.05) is 0 Å². The summed E-state index contributed by atoms with van der Waals surface area (Å²) in [5.74, 6) is 5.98. The average molecular weight is 273 g/mol. The Labute approximate surface area is 106 Å².